The van der Waals surface area contributed by atoms with Crippen LogP contribution in [-0.4, -0.2) is 35.3 Å². The fraction of sp³-hybridized carbons (Fsp3) is 0.182. The van der Waals surface area contributed by atoms with Gasteiger partial charge < -0.3 is 15.4 Å². The van der Waals surface area contributed by atoms with Crippen LogP contribution in [0, 0.1) is 0 Å². The number of methoxy groups -OCH3 is 1. The number of anilines is 2. The molecule has 0 saturated heterocycles. The molecule has 2 aromatic carbocycles. The molecule has 7 heteroatoms. The minimum Gasteiger partial charge on any atom is -0.497 e. The Bertz CT molecular complexity index is 986. The van der Waals surface area contributed by atoms with Gasteiger partial charge in [0.15, 0.2) is 5.78 Å². The van der Waals surface area contributed by atoms with E-state index in [1.165, 1.54) is 13.1 Å². The van der Waals surface area contributed by atoms with Crippen molar-refractivity contribution in [2.24, 2.45) is 0 Å². The van der Waals surface area contributed by atoms with Crippen LogP contribution in [0.15, 0.2) is 60.8 Å². The molecule has 1 heterocycles. The largest absolute Gasteiger partial charge is 0.497 e. The summed E-state index contributed by atoms with van der Waals surface area (Å²) in [5, 5.41) is 5.89. The molecule has 0 atom stereocenters. The minimum absolute atomic E-state index is 0.0240. The van der Waals surface area contributed by atoms with Gasteiger partial charge in [0.2, 0.25) is 5.95 Å². The third kappa shape index (κ3) is 5.62. The van der Waals surface area contributed by atoms with Crippen LogP contribution in [0.4, 0.5) is 11.6 Å². The number of rotatable bonds is 8. The molecular weight excluding hydrogens is 368 g/mol. The molecule has 0 radical (unpaired) electrons. The second-order valence-corrected chi connectivity index (χ2v) is 6.38. The molecule has 0 bridgehead atoms. The van der Waals surface area contributed by atoms with Crippen molar-refractivity contribution in [1.29, 1.82) is 0 Å². The van der Waals surface area contributed by atoms with Crippen molar-refractivity contribution in [3.63, 3.8) is 0 Å². The molecular formula is C22H22N4O3. The van der Waals surface area contributed by atoms with Gasteiger partial charge in [-0.05, 0) is 61.4 Å². The number of ether oxygens (including phenoxy) is 1. The molecule has 7 nitrogen and oxygen atoms in total. The van der Waals surface area contributed by atoms with Gasteiger partial charge in [0.1, 0.15) is 11.4 Å². The van der Waals surface area contributed by atoms with Gasteiger partial charge in [-0.2, -0.15) is 0 Å². The number of nitrogens with zero attached hydrogens (tertiary/aromatic N) is 2. The van der Waals surface area contributed by atoms with Crippen LogP contribution in [0.2, 0.25) is 0 Å². The molecule has 0 saturated carbocycles. The summed E-state index contributed by atoms with van der Waals surface area (Å²) in [5.74, 6) is 0.836. The Hall–Kier alpha value is -3.74. The maximum absolute atomic E-state index is 12.4. The molecule has 3 rings (SSSR count). The fourth-order valence-corrected chi connectivity index (χ4v) is 2.66. The van der Waals surface area contributed by atoms with Crippen molar-refractivity contribution in [1.82, 2.24) is 9.97 Å². The molecule has 0 aliphatic heterocycles. The first kappa shape index (κ1) is 20.0. The van der Waals surface area contributed by atoms with Crippen LogP contribution in [0.1, 0.15) is 33.3 Å². The Kier molecular flexibility index (Phi) is 6.52. The molecule has 0 unspecified atom stereocenters. The Morgan fingerprint density at radius 2 is 1.72 bits per heavy atom. The minimum atomic E-state index is -0.346. The Morgan fingerprint density at radius 3 is 2.38 bits per heavy atom. The van der Waals surface area contributed by atoms with Gasteiger partial charge in [-0.15, -0.1) is 0 Å². The molecule has 0 aliphatic carbocycles. The summed E-state index contributed by atoms with van der Waals surface area (Å²) in [6.07, 6.45) is 2.32. The molecule has 0 spiro atoms. The highest BCUT2D eigenvalue weighted by Crippen LogP contribution is 2.13. The van der Waals surface area contributed by atoms with E-state index < -0.39 is 0 Å². The zero-order valence-corrected chi connectivity index (χ0v) is 16.3. The van der Waals surface area contributed by atoms with Crippen LogP contribution in [-0.2, 0) is 6.42 Å². The standard InChI is InChI=1S/C22H22N4O3/c1-15(27)17-5-7-18(8-6-17)25-21(28)20-12-14-24-22(26-20)23-13-11-16-3-9-19(29-2)10-4-16/h3-10,12,14H,11,13H2,1-2H3,(H,25,28)(H,23,24,26). The molecule has 1 amide bonds. The third-order valence-electron chi connectivity index (χ3n) is 4.29. The molecule has 1 aromatic heterocycles. The van der Waals surface area contributed by atoms with Gasteiger partial charge in [0, 0.05) is 24.0 Å². The third-order valence-corrected chi connectivity index (χ3v) is 4.29. The lowest BCUT2D eigenvalue weighted by molar-refractivity contribution is 0.101. The number of hydrogen-bond acceptors (Lipinski definition) is 6. The second kappa shape index (κ2) is 9.45. The number of ketones is 1. The average Bonchev–Trinajstić information content (AvgIpc) is 2.75. The fourth-order valence-electron chi connectivity index (χ4n) is 2.66. The summed E-state index contributed by atoms with van der Waals surface area (Å²) in [6.45, 7) is 2.13. The molecule has 148 valence electrons. The van der Waals surface area contributed by atoms with Crippen molar-refractivity contribution in [2.45, 2.75) is 13.3 Å². The monoisotopic (exact) mass is 390 g/mol. The quantitative estimate of drug-likeness (QED) is 0.571. The molecule has 0 fully saturated rings. The smallest absolute Gasteiger partial charge is 0.274 e. The Morgan fingerprint density at radius 1 is 1.00 bits per heavy atom. The maximum Gasteiger partial charge on any atom is 0.274 e. The summed E-state index contributed by atoms with van der Waals surface area (Å²) in [5.41, 5.74) is 2.59. The lowest BCUT2D eigenvalue weighted by Gasteiger charge is -2.08. The number of nitrogens with one attached hydrogen (secondary N) is 2. The van der Waals surface area contributed by atoms with Gasteiger partial charge in [-0.1, -0.05) is 12.1 Å². The maximum atomic E-state index is 12.4. The van der Waals surface area contributed by atoms with E-state index in [0.717, 1.165) is 17.7 Å². The Balaban J connectivity index is 1.56. The summed E-state index contributed by atoms with van der Waals surface area (Å²) in [7, 11) is 1.64. The van der Waals surface area contributed by atoms with Gasteiger partial charge in [-0.3, -0.25) is 9.59 Å². The SMILES string of the molecule is COc1ccc(CCNc2nccc(C(=O)Nc3ccc(C(C)=O)cc3)n2)cc1. The first-order valence-electron chi connectivity index (χ1n) is 9.17. The van der Waals surface area contributed by atoms with Crippen molar-refractivity contribution in [3.8, 4) is 5.75 Å². The predicted octanol–water partition coefficient (Wildman–Crippen LogP) is 3.59. The average molecular weight is 390 g/mol. The zero-order valence-electron chi connectivity index (χ0n) is 16.3. The number of carbonyl (C=O) groups is 2. The number of benzene rings is 2. The molecule has 29 heavy (non-hydrogen) atoms. The molecule has 0 aliphatic rings. The number of carbonyl (C=O) groups excluding carboxylic acids is 2. The lowest BCUT2D eigenvalue weighted by Crippen LogP contribution is -2.16. The molecule has 3 aromatic rings. The lowest BCUT2D eigenvalue weighted by atomic mass is 10.1. The highest BCUT2D eigenvalue weighted by Gasteiger charge is 2.10. The summed E-state index contributed by atoms with van der Waals surface area (Å²) in [4.78, 5) is 32.2. The van der Waals surface area contributed by atoms with Crippen molar-refractivity contribution in [2.75, 3.05) is 24.3 Å². The van der Waals surface area contributed by atoms with Crippen LogP contribution >= 0.6 is 0 Å². The normalized spacial score (nSPS) is 10.3. The van der Waals surface area contributed by atoms with E-state index in [9.17, 15) is 9.59 Å². The van der Waals surface area contributed by atoms with Crippen LogP contribution in [0.3, 0.4) is 0 Å². The number of amides is 1. The first-order valence-corrected chi connectivity index (χ1v) is 9.17. The van der Waals surface area contributed by atoms with Crippen LogP contribution in [0.25, 0.3) is 0 Å². The van der Waals surface area contributed by atoms with E-state index >= 15 is 0 Å². The number of hydrogen-bond donors (Lipinski definition) is 2. The van der Waals surface area contributed by atoms with E-state index in [4.69, 9.17) is 4.74 Å². The summed E-state index contributed by atoms with van der Waals surface area (Å²) in [6, 6.07) is 16.1. The van der Waals surface area contributed by atoms with Gasteiger partial charge >= 0.3 is 0 Å². The molecule has 2 N–H and O–H groups in total. The predicted molar refractivity (Wildman–Crippen MR) is 112 cm³/mol. The van der Waals surface area contributed by atoms with Crippen LogP contribution < -0.4 is 15.4 Å². The van der Waals surface area contributed by atoms with E-state index in [0.29, 0.717) is 23.7 Å². The number of Topliss-reactive ketones (excluding diaryl/α,β-unsaturated/α-hetero) is 1. The zero-order chi connectivity index (χ0) is 20.6. The first-order chi connectivity index (χ1) is 14.0. The highest BCUT2D eigenvalue weighted by atomic mass is 16.5. The van der Waals surface area contributed by atoms with Crippen molar-refractivity contribution in [3.05, 3.63) is 77.6 Å². The van der Waals surface area contributed by atoms with Crippen molar-refractivity contribution < 1.29 is 14.3 Å². The van der Waals surface area contributed by atoms with E-state index in [1.54, 1.807) is 37.4 Å². The van der Waals surface area contributed by atoms with E-state index in [-0.39, 0.29) is 17.4 Å². The Labute approximate surface area is 169 Å². The topological polar surface area (TPSA) is 93.2 Å². The highest BCUT2D eigenvalue weighted by molar-refractivity contribution is 6.03. The van der Waals surface area contributed by atoms with Gasteiger partial charge in [0.05, 0.1) is 7.11 Å². The number of aromatic nitrogens is 2. The van der Waals surface area contributed by atoms with Gasteiger partial charge in [0.25, 0.3) is 5.91 Å². The van der Waals surface area contributed by atoms with E-state index in [2.05, 4.69) is 20.6 Å². The van der Waals surface area contributed by atoms with Crippen molar-refractivity contribution >= 4 is 23.3 Å². The second-order valence-electron chi connectivity index (χ2n) is 6.38. The van der Waals surface area contributed by atoms with Crippen LogP contribution in [0.5, 0.6) is 5.75 Å². The summed E-state index contributed by atoms with van der Waals surface area (Å²) < 4.78 is 5.15. The van der Waals surface area contributed by atoms with Gasteiger partial charge in [-0.25, -0.2) is 9.97 Å². The van der Waals surface area contributed by atoms with E-state index in [1.807, 2.05) is 24.3 Å². The summed E-state index contributed by atoms with van der Waals surface area (Å²) >= 11 is 0.